The number of nitrogens with zero attached hydrogens (tertiary/aromatic N) is 1. The van der Waals surface area contributed by atoms with Gasteiger partial charge in [0.15, 0.2) is 5.82 Å². The van der Waals surface area contributed by atoms with Crippen LogP contribution < -0.4 is 9.30 Å². The van der Waals surface area contributed by atoms with Crippen LogP contribution in [0.3, 0.4) is 0 Å². The molecule has 3 atom stereocenters. The van der Waals surface area contributed by atoms with E-state index < -0.39 is 18.4 Å². The lowest BCUT2D eigenvalue weighted by atomic mass is 10.2. The van der Waals surface area contributed by atoms with Crippen molar-refractivity contribution in [3.8, 4) is 5.88 Å². The predicted octanol–water partition coefficient (Wildman–Crippen LogP) is 0.0709. The van der Waals surface area contributed by atoms with Gasteiger partial charge in [-0.15, -0.1) is 4.57 Å². The Bertz CT molecular complexity index is 440. The molecule has 5 nitrogen and oxygen atoms in total. The smallest absolute Gasteiger partial charge is 0.370 e. The molecule has 2 N–H and O–H groups in total. The third kappa shape index (κ3) is 2.31. The quantitative estimate of drug-likeness (QED) is 0.753. The Balaban J connectivity index is 2.31. The third-order valence-corrected chi connectivity index (χ3v) is 3.13. The fourth-order valence-electron chi connectivity index (χ4n) is 2.06. The molecule has 6 heteroatoms. The maximum atomic E-state index is 13.6. The van der Waals surface area contributed by atoms with E-state index in [-0.39, 0.29) is 18.8 Å². The summed E-state index contributed by atoms with van der Waals surface area (Å²) in [5.74, 6) is 0.0750. The van der Waals surface area contributed by atoms with Crippen LogP contribution in [0.1, 0.15) is 18.2 Å². The lowest BCUT2D eigenvalue weighted by Crippen LogP contribution is -2.41. The molecule has 0 aromatic carbocycles. The molecule has 1 unspecified atom stereocenters. The topological polar surface area (TPSA) is 62.8 Å². The van der Waals surface area contributed by atoms with E-state index in [4.69, 9.17) is 14.6 Å². The minimum atomic E-state index is -0.762. The van der Waals surface area contributed by atoms with E-state index >= 15 is 0 Å². The van der Waals surface area contributed by atoms with Crippen molar-refractivity contribution in [3.05, 3.63) is 23.6 Å². The SMILES string of the molecule is COc1cc(C)c(F)c[n+]1[C@H]1CC(O)[C@@H](CO)O1. The van der Waals surface area contributed by atoms with Crippen molar-refractivity contribution >= 4 is 0 Å². The monoisotopic (exact) mass is 258 g/mol. The molecule has 0 amide bonds. The number of aliphatic hydroxyl groups excluding tert-OH is 2. The number of ether oxygens (including phenoxy) is 2. The molecule has 100 valence electrons. The van der Waals surface area contributed by atoms with Crippen molar-refractivity contribution in [1.29, 1.82) is 0 Å². The minimum absolute atomic E-state index is 0.269. The maximum absolute atomic E-state index is 13.6. The molecule has 2 heterocycles. The fourth-order valence-corrected chi connectivity index (χ4v) is 2.06. The van der Waals surface area contributed by atoms with Gasteiger partial charge in [0.1, 0.15) is 6.10 Å². The van der Waals surface area contributed by atoms with E-state index in [2.05, 4.69) is 0 Å². The molecular formula is C12H17FNO4+. The van der Waals surface area contributed by atoms with Gasteiger partial charge in [-0.25, -0.2) is 4.39 Å². The molecule has 1 aliphatic rings. The van der Waals surface area contributed by atoms with Crippen molar-refractivity contribution in [2.45, 2.75) is 31.8 Å². The molecule has 1 fully saturated rings. The summed E-state index contributed by atoms with van der Waals surface area (Å²) in [5, 5.41) is 18.7. The Hall–Kier alpha value is -1.24. The van der Waals surface area contributed by atoms with E-state index in [0.29, 0.717) is 11.4 Å². The van der Waals surface area contributed by atoms with Crippen LogP contribution in [-0.4, -0.2) is 36.1 Å². The Kier molecular flexibility index (Phi) is 3.79. The largest absolute Gasteiger partial charge is 0.448 e. The van der Waals surface area contributed by atoms with Crippen LogP contribution in [-0.2, 0) is 4.74 Å². The molecule has 0 radical (unpaired) electrons. The summed E-state index contributed by atoms with van der Waals surface area (Å²) in [6, 6.07) is 1.57. The van der Waals surface area contributed by atoms with Gasteiger partial charge in [-0.3, -0.25) is 0 Å². The highest BCUT2D eigenvalue weighted by molar-refractivity contribution is 5.16. The van der Waals surface area contributed by atoms with Gasteiger partial charge in [-0.05, 0) is 6.92 Å². The second kappa shape index (κ2) is 5.17. The van der Waals surface area contributed by atoms with Crippen molar-refractivity contribution in [2.24, 2.45) is 0 Å². The summed E-state index contributed by atoms with van der Waals surface area (Å²) in [5.41, 5.74) is 0.473. The first kappa shape index (κ1) is 13.2. The van der Waals surface area contributed by atoms with Crippen LogP contribution in [0.15, 0.2) is 12.3 Å². The van der Waals surface area contributed by atoms with Crippen molar-refractivity contribution < 1.29 is 28.6 Å². The van der Waals surface area contributed by atoms with Gasteiger partial charge >= 0.3 is 5.88 Å². The molecule has 0 saturated carbocycles. The minimum Gasteiger partial charge on any atom is -0.448 e. The summed E-state index contributed by atoms with van der Waals surface area (Å²) in [6.07, 6.45) is -0.375. The first-order valence-corrected chi connectivity index (χ1v) is 5.76. The summed E-state index contributed by atoms with van der Waals surface area (Å²) in [7, 11) is 1.48. The predicted molar refractivity (Wildman–Crippen MR) is 59.5 cm³/mol. The van der Waals surface area contributed by atoms with Crippen molar-refractivity contribution in [3.63, 3.8) is 0 Å². The zero-order valence-electron chi connectivity index (χ0n) is 10.3. The number of rotatable bonds is 3. The van der Waals surface area contributed by atoms with E-state index in [1.165, 1.54) is 17.9 Å². The first-order valence-electron chi connectivity index (χ1n) is 5.76. The van der Waals surface area contributed by atoms with Crippen LogP contribution in [0, 0.1) is 12.7 Å². The summed E-state index contributed by atoms with van der Waals surface area (Å²) >= 11 is 0. The number of methoxy groups -OCH3 is 1. The average Bonchev–Trinajstić information content (AvgIpc) is 2.73. The van der Waals surface area contributed by atoms with Crippen LogP contribution in [0.2, 0.25) is 0 Å². The standard InChI is InChI=1S/C12H17FNO4/c1-7-3-11(17-2)14(5-8(7)13)12-4-9(16)10(6-15)18-12/h3,5,9-10,12,15-16H,4,6H2,1-2H3/q+1/t9?,10-,12-/m1/s1. The number of hydrogen-bond acceptors (Lipinski definition) is 4. The highest BCUT2D eigenvalue weighted by Crippen LogP contribution is 2.26. The highest BCUT2D eigenvalue weighted by atomic mass is 19.1. The van der Waals surface area contributed by atoms with Gasteiger partial charge in [0, 0.05) is 5.56 Å². The number of aryl methyl sites for hydroxylation is 1. The van der Waals surface area contributed by atoms with Gasteiger partial charge in [0.2, 0.25) is 6.20 Å². The zero-order valence-corrected chi connectivity index (χ0v) is 10.3. The molecule has 18 heavy (non-hydrogen) atoms. The molecule has 1 saturated heterocycles. The molecule has 1 aromatic heterocycles. The highest BCUT2D eigenvalue weighted by Gasteiger charge is 2.41. The molecule has 1 aliphatic heterocycles. The van der Waals surface area contributed by atoms with E-state index in [1.54, 1.807) is 13.0 Å². The summed E-state index contributed by atoms with van der Waals surface area (Å²) in [4.78, 5) is 0. The van der Waals surface area contributed by atoms with Gasteiger partial charge in [0.05, 0.1) is 32.3 Å². The Morgan fingerprint density at radius 2 is 2.33 bits per heavy atom. The van der Waals surface area contributed by atoms with E-state index in [1.807, 2.05) is 0 Å². The molecular weight excluding hydrogens is 241 g/mol. The average molecular weight is 258 g/mol. The van der Waals surface area contributed by atoms with Gasteiger partial charge in [-0.1, -0.05) is 0 Å². The van der Waals surface area contributed by atoms with E-state index in [0.717, 1.165) is 0 Å². The second-order valence-corrected chi connectivity index (χ2v) is 4.37. The Morgan fingerprint density at radius 3 is 2.89 bits per heavy atom. The van der Waals surface area contributed by atoms with E-state index in [9.17, 15) is 9.50 Å². The third-order valence-electron chi connectivity index (χ3n) is 3.13. The molecule has 0 bridgehead atoms. The number of halogens is 1. The number of aliphatic hydroxyl groups is 2. The lowest BCUT2D eigenvalue weighted by molar-refractivity contribution is -0.763. The lowest BCUT2D eigenvalue weighted by Gasteiger charge is -2.10. The van der Waals surface area contributed by atoms with Crippen LogP contribution in [0.25, 0.3) is 0 Å². The normalized spacial score (nSPS) is 27.5. The van der Waals surface area contributed by atoms with Gasteiger partial charge in [-0.2, -0.15) is 0 Å². The van der Waals surface area contributed by atoms with Gasteiger partial charge in [0.25, 0.3) is 6.23 Å². The first-order chi connectivity index (χ1) is 8.56. The summed E-state index contributed by atoms with van der Waals surface area (Å²) < 4.78 is 25.7. The second-order valence-electron chi connectivity index (χ2n) is 4.37. The van der Waals surface area contributed by atoms with Crippen LogP contribution in [0.5, 0.6) is 5.88 Å². The van der Waals surface area contributed by atoms with Crippen molar-refractivity contribution in [1.82, 2.24) is 0 Å². The molecule has 2 rings (SSSR count). The van der Waals surface area contributed by atoms with Crippen LogP contribution >= 0.6 is 0 Å². The fraction of sp³-hybridized carbons (Fsp3) is 0.583. The molecule has 1 aromatic rings. The summed E-state index contributed by atoms with van der Waals surface area (Å²) in [6.45, 7) is 1.37. The number of hydrogen-bond donors (Lipinski definition) is 2. The molecule has 0 spiro atoms. The van der Waals surface area contributed by atoms with Gasteiger partial charge < -0.3 is 19.7 Å². The van der Waals surface area contributed by atoms with Crippen LogP contribution in [0.4, 0.5) is 4.39 Å². The Labute approximate surface area is 104 Å². The number of aromatic nitrogens is 1. The Morgan fingerprint density at radius 1 is 1.61 bits per heavy atom. The molecule has 0 aliphatic carbocycles. The maximum Gasteiger partial charge on any atom is 0.370 e. The van der Waals surface area contributed by atoms with Crippen molar-refractivity contribution in [2.75, 3.05) is 13.7 Å². The zero-order chi connectivity index (χ0) is 13.3. The number of pyridine rings is 1.